The zero-order valence-electron chi connectivity index (χ0n) is 11.9. The van der Waals surface area contributed by atoms with Gasteiger partial charge in [-0.2, -0.15) is 0 Å². The summed E-state index contributed by atoms with van der Waals surface area (Å²) in [6.45, 7) is 0.976. The molecule has 1 aromatic carbocycles. The Morgan fingerprint density at radius 2 is 1.85 bits per heavy atom. The lowest BCUT2D eigenvalue weighted by Crippen LogP contribution is -2.40. The smallest absolute Gasteiger partial charge is 0.226 e. The first kappa shape index (κ1) is 15.0. The highest BCUT2D eigenvalue weighted by atomic mass is 16.3. The summed E-state index contributed by atoms with van der Waals surface area (Å²) in [6.07, 6.45) is 3.59. The Morgan fingerprint density at radius 3 is 2.45 bits per heavy atom. The molecule has 1 aromatic rings. The summed E-state index contributed by atoms with van der Waals surface area (Å²) in [4.78, 5) is 14.3. The van der Waals surface area contributed by atoms with Crippen LogP contribution in [0.15, 0.2) is 30.3 Å². The summed E-state index contributed by atoms with van der Waals surface area (Å²) in [5, 5.41) is 9.19. The van der Waals surface area contributed by atoms with Crippen LogP contribution in [0.5, 0.6) is 0 Å². The van der Waals surface area contributed by atoms with Crippen molar-refractivity contribution < 1.29 is 9.90 Å². The van der Waals surface area contributed by atoms with Crippen LogP contribution in [0.1, 0.15) is 31.2 Å². The van der Waals surface area contributed by atoms with Gasteiger partial charge >= 0.3 is 0 Å². The van der Waals surface area contributed by atoms with E-state index < -0.39 is 0 Å². The maximum Gasteiger partial charge on any atom is 0.226 e. The third kappa shape index (κ3) is 4.05. The molecule has 4 heteroatoms. The summed E-state index contributed by atoms with van der Waals surface area (Å²) < 4.78 is 0. The minimum absolute atomic E-state index is 0.00477. The van der Waals surface area contributed by atoms with E-state index in [0.29, 0.717) is 13.1 Å². The first-order valence-electron chi connectivity index (χ1n) is 7.40. The van der Waals surface area contributed by atoms with Crippen molar-refractivity contribution >= 4 is 5.91 Å². The Bertz CT molecular complexity index is 414. The number of benzene rings is 1. The Labute approximate surface area is 120 Å². The Morgan fingerprint density at radius 1 is 1.20 bits per heavy atom. The van der Waals surface area contributed by atoms with Gasteiger partial charge in [0, 0.05) is 25.0 Å². The summed E-state index contributed by atoms with van der Waals surface area (Å²) >= 11 is 0. The Balaban J connectivity index is 1.98. The normalized spacial score (nSPS) is 22.5. The van der Waals surface area contributed by atoms with E-state index in [-0.39, 0.29) is 24.5 Å². The molecule has 4 nitrogen and oxygen atoms in total. The topological polar surface area (TPSA) is 66.6 Å². The van der Waals surface area contributed by atoms with Crippen LogP contribution in [0.4, 0.5) is 0 Å². The molecule has 1 saturated carbocycles. The molecular formula is C16H24N2O2. The minimum atomic E-state index is 0.00477. The summed E-state index contributed by atoms with van der Waals surface area (Å²) in [5.41, 5.74) is 6.99. The van der Waals surface area contributed by atoms with Crippen molar-refractivity contribution in [3.8, 4) is 0 Å². The molecule has 3 N–H and O–H groups in total. The molecule has 0 aliphatic heterocycles. The van der Waals surface area contributed by atoms with Crippen LogP contribution < -0.4 is 5.73 Å². The van der Waals surface area contributed by atoms with E-state index in [1.807, 2.05) is 30.3 Å². The highest BCUT2D eigenvalue weighted by Crippen LogP contribution is 2.25. The average Bonchev–Trinajstić information content (AvgIpc) is 2.48. The molecule has 20 heavy (non-hydrogen) atoms. The van der Waals surface area contributed by atoms with Gasteiger partial charge in [-0.15, -0.1) is 0 Å². The van der Waals surface area contributed by atoms with Crippen LogP contribution in [0, 0.1) is 5.92 Å². The third-order valence-corrected chi connectivity index (χ3v) is 4.02. The second kappa shape index (κ2) is 7.41. The van der Waals surface area contributed by atoms with Crippen molar-refractivity contribution in [2.24, 2.45) is 11.7 Å². The van der Waals surface area contributed by atoms with Gasteiger partial charge in [0.05, 0.1) is 6.61 Å². The van der Waals surface area contributed by atoms with E-state index in [1.54, 1.807) is 4.90 Å². The van der Waals surface area contributed by atoms with Gasteiger partial charge in [0.1, 0.15) is 0 Å². The molecule has 0 atom stereocenters. The van der Waals surface area contributed by atoms with Gasteiger partial charge in [0.25, 0.3) is 0 Å². The van der Waals surface area contributed by atoms with Crippen molar-refractivity contribution in [2.75, 3.05) is 13.2 Å². The van der Waals surface area contributed by atoms with Crippen molar-refractivity contribution in [1.29, 1.82) is 0 Å². The molecule has 0 unspecified atom stereocenters. The van der Waals surface area contributed by atoms with E-state index >= 15 is 0 Å². The van der Waals surface area contributed by atoms with Crippen molar-refractivity contribution in [2.45, 2.75) is 38.3 Å². The van der Waals surface area contributed by atoms with Crippen molar-refractivity contribution in [3.63, 3.8) is 0 Å². The molecule has 1 aliphatic rings. The molecule has 1 fully saturated rings. The van der Waals surface area contributed by atoms with Crippen LogP contribution in [0.2, 0.25) is 0 Å². The molecule has 0 aromatic heterocycles. The number of rotatable bonds is 5. The number of aliphatic hydroxyl groups excluding tert-OH is 1. The molecule has 0 spiro atoms. The summed E-state index contributed by atoms with van der Waals surface area (Å²) in [7, 11) is 0. The van der Waals surface area contributed by atoms with Crippen molar-refractivity contribution in [3.05, 3.63) is 35.9 Å². The quantitative estimate of drug-likeness (QED) is 0.857. The number of nitrogens with zero attached hydrogens (tertiary/aromatic N) is 1. The largest absolute Gasteiger partial charge is 0.395 e. The van der Waals surface area contributed by atoms with Gasteiger partial charge in [-0.25, -0.2) is 0 Å². The zero-order valence-corrected chi connectivity index (χ0v) is 11.9. The van der Waals surface area contributed by atoms with E-state index in [0.717, 1.165) is 31.2 Å². The van der Waals surface area contributed by atoms with Crippen LogP contribution in [0.3, 0.4) is 0 Å². The molecule has 2 rings (SSSR count). The molecule has 1 amide bonds. The van der Waals surface area contributed by atoms with Gasteiger partial charge < -0.3 is 15.7 Å². The number of carbonyl (C=O) groups is 1. The fourth-order valence-electron chi connectivity index (χ4n) is 2.82. The highest BCUT2D eigenvalue weighted by molar-refractivity contribution is 5.79. The van der Waals surface area contributed by atoms with E-state index in [2.05, 4.69) is 0 Å². The number of amides is 1. The predicted molar refractivity (Wildman–Crippen MR) is 78.9 cm³/mol. The molecular weight excluding hydrogens is 252 g/mol. The zero-order chi connectivity index (χ0) is 14.4. The summed E-state index contributed by atoms with van der Waals surface area (Å²) in [6, 6.07) is 10.2. The van der Waals surface area contributed by atoms with Crippen LogP contribution in [-0.4, -0.2) is 35.1 Å². The molecule has 110 valence electrons. The first-order valence-corrected chi connectivity index (χ1v) is 7.40. The van der Waals surface area contributed by atoms with Crippen molar-refractivity contribution in [1.82, 2.24) is 4.90 Å². The molecule has 0 saturated heterocycles. The van der Waals surface area contributed by atoms with E-state index in [9.17, 15) is 9.90 Å². The number of hydrogen-bond acceptors (Lipinski definition) is 3. The average molecular weight is 276 g/mol. The lowest BCUT2D eigenvalue weighted by Gasteiger charge is -2.31. The monoisotopic (exact) mass is 276 g/mol. The number of carbonyl (C=O) groups excluding carboxylic acids is 1. The minimum Gasteiger partial charge on any atom is -0.395 e. The highest BCUT2D eigenvalue weighted by Gasteiger charge is 2.28. The maximum absolute atomic E-state index is 12.6. The maximum atomic E-state index is 12.6. The van der Waals surface area contributed by atoms with E-state index in [1.165, 1.54) is 0 Å². The standard InChI is InChI=1S/C16H24N2O2/c17-15-8-6-14(7-9-15)16(20)18(10-11-19)12-13-4-2-1-3-5-13/h1-5,14-15,19H,6-12,17H2. The number of aliphatic hydroxyl groups is 1. The van der Waals surface area contributed by atoms with Gasteiger partial charge in [-0.05, 0) is 31.2 Å². The Hall–Kier alpha value is -1.39. The fraction of sp³-hybridized carbons (Fsp3) is 0.562. The lowest BCUT2D eigenvalue weighted by atomic mass is 9.85. The third-order valence-electron chi connectivity index (χ3n) is 4.02. The van der Waals surface area contributed by atoms with Gasteiger partial charge in [-0.3, -0.25) is 4.79 Å². The van der Waals surface area contributed by atoms with Crippen LogP contribution in [-0.2, 0) is 11.3 Å². The van der Waals surface area contributed by atoms with Crippen LogP contribution in [0.25, 0.3) is 0 Å². The molecule has 0 bridgehead atoms. The van der Waals surface area contributed by atoms with E-state index in [4.69, 9.17) is 5.73 Å². The molecule has 1 aliphatic carbocycles. The van der Waals surface area contributed by atoms with Gasteiger partial charge in [-0.1, -0.05) is 30.3 Å². The summed E-state index contributed by atoms with van der Waals surface area (Å²) in [5.74, 6) is 0.236. The van der Waals surface area contributed by atoms with Crippen LogP contribution >= 0.6 is 0 Å². The Kier molecular flexibility index (Phi) is 5.56. The van der Waals surface area contributed by atoms with Gasteiger partial charge in [0.2, 0.25) is 5.91 Å². The SMILES string of the molecule is NC1CCC(C(=O)N(CCO)Cc2ccccc2)CC1. The second-order valence-electron chi connectivity index (χ2n) is 5.58. The predicted octanol–water partition coefficient (Wildman–Crippen LogP) is 1.52. The second-order valence-corrected chi connectivity index (χ2v) is 5.58. The van der Waals surface area contributed by atoms with Gasteiger partial charge in [0.15, 0.2) is 0 Å². The molecule has 0 radical (unpaired) electrons. The fourth-order valence-corrected chi connectivity index (χ4v) is 2.82. The number of nitrogens with two attached hydrogens (primary N) is 1. The lowest BCUT2D eigenvalue weighted by molar-refractivity contribution is -0.137. The number of hydrogen-bond donors (Lipinski definition) is 2. The molecule has 0 heterocycles. The first-order chi connectivity index (χ1) is 9.70.